The van der Waals surface area contributed by atoms with E-state index in [0.717, 1.165) is 12.2 Å². The third kappa shape index (κ3) is 3.84. The van der Waals surface area contributed by atoms with E-state index >= 15 is 0 Å². The fourth-order valence-electron chi connectivity index (χ4n) is 1.91. The maximum Gasteiger partial charge on any atom is 0.246 e. The van der Waals surface area contributed by atoms with Gasteiger partial charge in [-0.25, -0.2) is 0 Å². The molecule has 1 aliphatic carbocycles. The maximum atomic E-state index is 11.8. The van der Waals surface area contributed by atoms with Crippen molar-refractivity contribution in [1.29, 1.82) is 0 Å². The van der Waals surface area contributed by atoms with Gasteiger partial charge in [0.2, 0.25) is 5.91 Å². The van der Waals surface area contributed by atoms with Crippen LogP contribution >= 0.6 is 0 Å². The molecule has 2 rings (SSSR count). The molecule has 0 radical (unpaired) electrons. The second kappa shape index (κ2) is 5.53. The van der Waals surface area contributed by atoms with Gasteiger partial charge < -0.3 is 10.1 Å². The molecular formula is C15H21NO2. The molecule has 1 N–H and O–H groups in total. The van der Waals surface area contributed by atoms with E-state index in [1.165, 1.54) is 12.8 Å². The number of amides is 1. The van der Waals surface area contributed by atoms with Gasteiger partial charge in [0, 0.05) is 0 Å². The minimum Gasteiger partial charge on any atom is -0.371 e. The van der Waals surface area contributed by atoms with Crippen LogP contribution in [-0.2, 0) is 15.1 Å². The number of carbonyl (C=O) groups is 1. The predicted molar refractivity (Wildman–Crippen MR) is 71.2 cm³/mol. The summed E-state index contributed by atoms with van der Waals surface area (Å²) in [5.74, 6) is 0.643. The van der Waals surface area contributed by atoms with Crippen molar-refractivity contribution in [3.05, 3.63) is 35.9 Å². The van der Waals surface area contributed by atoms with Crippen molar-refractivity contribution in [2.24, 2.45) is 5.92 Å². The van der Waals surface area contributed by atoms with Crippen LogP contribution < -0.4 is 5.32 Å². The van der Waals surface area contributed by atoms with E-state index in [-0.39, 0.29) is 18.1 Å². The molecule has 3 nitrogen and oxygen atoms in total. The van der Waals surface area contributed by atoms with Crippen molar-refractivity contribution in [2.45, 2.75) is 32.2 Å². The summed E-state index contributed by atoms with van der Waals surface area (Å²) in [6, 6.07) is 9.97. The van der Waals surface area contributed by atoms with Crippen LogP contribution in [0.4, 0.5) is 0 Å². The molecule has 0 spiro atoms. The molecule has 1 aromatic rings. The van der Waals surface area contributed by atoms with Gasteiger partial charge >= 0.3 is 0 Å². The molecule has 18 heavy (non-hydrogen) atoms. The first-order chi connectivity index (χ1) is 8.58. The molecule has 0 saturated heterocycles. The second-order valence-electron chi connectivity index (χ2n) is 5.50. The molecule has 1 amide bonds. The Morgan fingerprint density at radius 1 is 1.33 bits per heavy atom. The summed E-state index contributed by atoms with van der Waals surface area (Å²) >= 11 is 0. The van der Waals surface area contributed by atoms with Gasteiger partial charge in [-0.05, 0) is 38.2 Å². The number of rotatable bonds is 6. The molecule has 0 bridgehead atoms. The average Bonchev–Trinajstić information content (AvgIpc) is 3.13. The van der Waals surface area contributed by atoms with Crippen molar-refractivity contribution in [1.82, 2.24) is 5.32 Å². The summed E-state index contributed by atoms with van der Waals surface area (Å²) in [7, 11) is 0. The lowest BCUT2D eigenvalue weighted by Gasteiger charge is -2.26. The maximum absolute atomic E-state index is 11.8. The number of ether oxygens (including phenoxy) is 1. The van der Waals surface area contributed by atoms with E-state index in [2.05, 4.69) is 5.32 Å². The van der Waals surface area contributed by atoms with Gasteiger partial charge in [0.05, 0.1) is 12.1 Å². The number of hydrogen-bond donors (Lipinski definition) is 1. The number of hydrogen-bond acceptors (Lipinski definition) is 2. The van der Waals surface area contributed by atoms with Gasteiger partial charge in [0.25, 0.3) is 0 Å². The number of nitrogens with one attached hydrogen (secondary N) is 1. The summed E-state index contributed by atoms with van der Waals surface area (Å²) in [4.78, 5) is 11.8. The minimum absolute atomic E-state index is 0.0514. The Balaban J connectivity index is 1.81. The van der Waals surface area contributed by atoms with Crippen LogP contribution in [-0.4, -0.2) is 19.1 Å². The number of carbonyl (C=O) groups excluding carboxylic acids is 1. The molecule has 1 aliphatic rings. The zero-order valence-electron chi connectivity index (χ0n) is 11.1. The van der Waals surface area contributed by atoms with Crippen LogP contribution in [0.25, 0.3) is 0 Å². The van der Waals surface area contributed by atoms with Crippen LogP contribution in [0.1, 0.15) is 32.3 Å². The third-order valence-electron chi connectivity index (χ3n) is 3.23. The van der Waals surface area contributed by atoms with E-state index in [1.807, 2.05) is 44.2 Å². The number of benzene rings is 1. The van der Waals surface area contributed by atoms with Crippen LogP contribution in [0, 0.1) is 5.92 Å². The van der Waals surface area contributed by atoms with Crippen molar-refractivity contribution in [3.8, 4) is 0 Å². The summed E-state index contributed by atoms with van der Waals surface area (Å²) in [6.07, 6.45) is 2.49. The first-order valence-corrected chi connectivity index (χ1v) is 6.52. The van der Waals surface area contributed by atoms with Crippen molar-refractivity contribution >= 4 is 5.91 Å². The van der Waals surface area contributed by atoms with Crippen molar-refractivity contribution in [2.75, 3.05) is 13.2 Å². The zero-order valence-corrected chi connectivity index (χ0v) is 11.1. The quantitative estimate of drug-likeness (QED) is 0.838. The van der Waals surface area contributed by atoms with Crippen LogP contribution in [0.15, 0.2) is 30.3 Å². The average molecular weight is 247 g/mol. The molecule has 1 aromatic carbocycles. The first-order valence-electron chi connectivity index (χ1n) is 6.52. The van der Waals surface area contributed by atoms with Crippen molar-refractivity contribution < 1.29 is 9.53 Å². The summed E-state index contributed by atoms with van der Waals surface area (Å²) < 4.78 is 5.39. The van der Waals surface area contributed by atoms with Crippen LogP contribution in [0.3, 0.4) is 0 Å². The molecule has 1 fully saturated rings. The van der Waals surface area contributed by atoms with Crippen LogP contribution in [0.5, 0.6) is 0 Å². The van der Waals surface area contributed by atoms with Gasteiger partial charge in [-0.3, -0.25) is 4.79 Å². The smallest absolute Gasteiger partial charge is 0.246 e. The molecule has 0 unspecified atom stereocenters. The van der Waals surface area contributed by atoms with Gasteiger partial charge in [-0.1, -0.05) is 30.3 Å². The van der Waals surface area contributed by atoms with Gasteiger partial charge in [0.1, 0.15) is 6.61 Å². The molecule has 0 aliphatic heterocycles. The molecular weight excluding hydrogens is 226 g/mol. The Bertz CT molecular complexity index is 396. The molecule has 3 heteroatoms. The van der Waals surface area contributed by atoms with Crippen molar-refractivity contribution in [3.63, 3.8) is 0 Å². The topological polar surface area (TPSA) is 38.3 Å². The summed E-state index contributed by atoms with van der Waals surface area (Å²) in [5.41, 5.74) is 0.738. The second-order valence-corrected chi connectivity index (χ2v) is 5.50. The van der Waals surface area contributed by atoms with Gasteiger partial charge in [-0.15, -0.1) is 0 Å². The highest BCUT2D eigenvalue weighted by Gasteiger charge is 2.24. The van der Waals surface area contributed by atoms with E-state index in [4.69, 9.17) is 4.74 Å². The fraction of sp³-hybridized carbons (Fsp3) is 0.533. The SMILES string of the molecule is CC(C)(NC(=O)COCC1CC1)c1ccccc1. The highest BCUT2D eigenvalue weighted by molar-refractivity contribution is 5.78. The Labute approximate surface area is 109 Å². The summed E-state index contributed by atoms with van der Waals surface area (Å²) in [5, 5.41) is 3.00. The normalized spacial score (nSPS) is 15.4. The lowest BCUT2D eigenvalue weighted by atomic mass is 9.94. The van der Waals surface area contributed by atoms with E-state index in [9.17, 15) is 4.79 Å². The predicted octanol–water partition coefficient (Wildman–Crippen LogP) is 2.46. The van der Waals surface area contributed by atoms with Gasteiger partial charge in [0.15, 0.2) is 0 Å². The Morgan fingerprint density at radius 2 is 2.00 bits per heavy atom. The Kier molecular flexibility index (Phi) is 4.02. The van der Waals surface area contributed by atoms with E-state index in [0.29, 0.717) is 5.92 Å². The molecule has 0 heterocycles. The van der Waals surface area contributed by atoms with Crippen LogP contribution in [0.2, 0.25) is 0 Å². The fourth-order valence-corrected chi connectivity index (χ4v) is 1.91. The van der Waals surface area contributed by atoms with E-state index < -0.39 is 0 Å². The molecule has 0 atom stereocenters. The van der Waals surface area contributed by atoms with Gasteiger partial charge in [-0.2, -0.15) is 0 Å². The Morgan fingerprint density at radius 3 is 2.61 bits per heavy atom. The Hall–Kier alpha value is -1.35. The molecule has 0 aromatic heterocycles. The zero-order chi connectivity index (χ0) is 13.0. The lowest BCUT2D eigenvalue weighted by Crippen LogP contribution is -2.42. The molecule has 1 saturated carbocycles. The highest BCUT2D eigenvalue weighted by Crippen LogP contribution is 2.28. The monoisotopic (exact) mass is 247 g/mol. The minimum atomic E-state index is -0.360. The largest absolute Gasteiger partial charge is 0.371 e. The highest BCUT2D eigenvalue weighted by atomic mass is 16.5. The first kappa shape index (κ1) is 13.1. The standard InChI is InChI=1S/C15H21NO2/c1-15(2,13-6-4-3-5-7-13)16-14(17)11-18-10-12-8-9-12/h3-7,12H,8-11H2,1-2H3,(H,16,17). The molecule has 98 valence electrons. The lowest BCUT2D eigenvalue weighted by molar-refractivity contribution is -0.127. The van der Waals surface area contributed by atoms with E-state index in [1.54, 1.807) is 0 Å². The third-order valence-corrected chi connectivity index (χ3v) is 3.23. The summed E-state index contributed by atoms with van der Waals surface area (Å²) in [6.45, 7) is 4.88.